The number of imide groups is 1. The molecule has 1 rings (SSSR count). The lowest BCUT2D eigenvalue weighted by Crippen LogP contribution is -2.66. The fourth-order valence-electron chi connectivity index (χ4n) is 2.63. The van der Waals surface area contributed by atoms with Gasteiger partial charge >= 0.3 is 6.09 Å². The summed E-state index contributed by atoms with van der Waals surface area (Å²) in [6.07, 6.45) is 2.21. The summed E-state index contributed by atoms with van der Waals surface area (Å²) in [7, 11) is 1.15. The summed E-state index contributed by atoms with van der Waals surface area (Å²) in [5.74, 6) is -1.40. The SMILES string of the molecule is C=CCC1(C(C)CCC)C(=O)NC(=S)N(C(=O)OC)C1=O. The summed E-state index contributed by atoms with van der Waals surface area (Å²) in [5.41, 5.74) is -1.38. The van der Waals surface area contributed by atoms with Gasteiger partial charge < -0.3 is 10.1 Å². The predicted molar refractivity (Wildman–Crippen MR) is 81.3 cm³/mol. The lowest BCUT2D eigenvalue weighted by atomic mass is 9.69. The average Bonchev–Trinajstić information content (AvgIpc) is 2.43. The van der Waals surface area contributed by atoms with Crippen molar-refractivity contribution < 1.29 is 19.1 Å². The molecule has 1 fully saturated rings. The number of ether oxygens (including phenoxy) is 1. The number of thiocarbonyl (C=S) groups is 1. The molecule has 1 saturated heterocycles. The van der Waals surface area contributed by atoms with Gasteiger partial charge in [-0.1, -0.05) is 26.3 Å². The van der Waals surface area contributed by atoms with Crippen LogP contribution in [0.2, 0.25) is 0 Å². The highest BCUT2D eigenvalue weighted by Crippen LogP contribution is 2.39. The van der Waals surface area contributed by atoms with Crippen LogP contribution in [0, 0.1) is 11.3 Å². The Bertz CT molecular complexity index is 491. The summed E-state index contributed by atoms with van der Waals surface area (Å²) in [5, 5.41) is 2.19. The first kappa shape index (κ1) is 17.3. The minimum Gasteiger partial charge on any atom is -0.452 e. The van der Waals surface area contributed by atoms with E-state index in [9.17, 15) is 14.4 Å². The van der Waals surface area contributed by atoms with Gasteiger partial charge in [0.1, 0.15) is 5.41 Å². The van der Waals surface area contributed by atoms with Gasteiger partial charge in [0.05, 0.1) is 7.11 Å². The minimum absolute atomic E-state index is 0.134. The van der Waals surface area contributed by atoms with Gasteiger partial charge in [-0.2, -0.15) is 4.90 Å². The number of hydrogen-bond acceptors (Lipinski definition) is 5. The first-order valence-electron chi connectivity index (χ1n) is 6.75. The smallest absolute Gasteiger partial charge is 0.422 e. The molecular formula is C14H20N2O4S. The third kappa shape index (κ3) is 2.83. The summed E-state index contributed by atoms with van der Waals surface area (Å²) in [6, 6.07) is 0. The highest BCUT2D eigenvalue weighted by molar-refractivity contribution is 7.80. The average molecular weight is 312 g/mol. The van der Waals surface area contributed by atoms with Gasteiger partial charge in [-0.3, -0.25) is 9.59 Å². The van der Waals surface area contributed by atoms with Gasteiger partial charge in [0.25, 0.3) is 5.91 Å². The summed E-state index contributed by atoms with van der Waals surface area (Å²) >= 11 is 4.91. The molecule has 1 N–H and O–H groups in total. The number of amides is 3. The molecule has 2 unspecified atom stereocenters. The molecule has 7 heteroatoms. The zero-order valence-corrected chi connectivity index (χ0v) is 13.3. The largest absolute Gasteiger partial charge is 0.452 e. The molecule has 0 spiro atoms. The zero-order chi connectivity index (χ0) is 16.2. The first-order chi connectivity index (χ1) is 9.86. The summed E-state index contributed by atoms with van der Waals surface area (Å²) in [6.45, 7) is 7.40. The van der Waals surface area contributed by atoms with Crippen LogP contribution in [0.15, 0.2) is 12.7 Å². The number of methoxy groups -OCH3 is 1. The number of hydrogen-bond donors (Lipinski definition) is 1. The molecular weight excluding hydrogens is 292 g/mol. The fraction of sp³-hybridized carbons (Fsp3) is 0.571. The van der Waals surface area contributed by atoms with Crippen molar-refractivity contribution in [1.29, 1.82) is 0 Å². The van der Waals surface area contributed by atoms with E-state index < -0.39 is 23.3 Å². The molecule has 0 aromatic rings. The van der Waals surface area contributed by atoms with Crippen molar-refractivity contribution in [3.63, 3.8) is 0 Å². The molecule has 0 radical (unpaired) electrons. The van der Waals surface area contributed by atoms with Gasteiger partial charge in [-0.05, 0) is 31.0 Å². The Morgan fingerprint density at radius 2 is 2.19 bits per heavy atom. The molecule has 21 heavy (non-hydrogen) atoms. The summed E-state index contributed by atoms with van der Waals surface area (Å²) < 4.78 is 4.58. The first-order valence-corrected chi connectivity index (χ1v) is 7.16. The number of nitrogens with zero attached hydrogens (tertiary/aromatic N) is 1. The van der Waals surface area contributed by atoms with E-state index in [2.05, 4.69) is 16.6 Å². The topological polar surface area (TPSA) is 75.7 Å². The molecule has 0 aliphatic carbocycles. The van der Waals surface area contributed by atoms with Crippen molar-refractivity contribution in [2.24, 2.45) is 11.3 Å². The Hall–Kier alpha value is -1.76. The van der Waals surface area contributed by atoms with Crippen LogP contribution in [-0.4, -0.2) is 35.0 Å². The van der Waals surface area contributed by atoms with Crippen LogP contribution in [0.5, 0.6) is 0 Å². The second-order valence-corrected chi connectivity index (χ2v) is 5.41. The molecule has 3 amide bonds. The maximum absolute atomic E-state index is 12.8. The van der Waals surface area contributed by atoms with E-state index in [1.54, 1.807) is 0 Å². The Labute approximate surface area is 129 Å². The van der Waals surface area contributed by atoms with E-state index >= 15 is 0 Å². The molecule has 6 nitrogen and oxygen atoms in total. The molecule has 0 saturated carbocycles. The van der Waals surface area contributed by atoms with Crippen LogP contribution in [0.1, 0.15) is 33.1 Å². The Morgan fingerprint density at radius 3 is 2.67 bits per heavy atom. The van der Waals surface area contributed by atoms with Crippen LogP contribution in [0.4, 0.5) is 4.79 Å². The molecule has 116 valence electrons. The van der Waals surface area contributed by atoms with E-state index in [1.807, 2.05) is 13.8 Å². The number of carbonyl (C=O) groups is 3. The lowest BCUT2D eigenvalue weighted by molar-refractivity contribution is -0.152. The normalized spacial score (nSPS) is 23.6. The lowest BCUT2D eigenvalue weighted by Gasteiger charge is -2.42. The zero-order valence-electron chi connectivity index (χ0n) is 12.5. The van der Waals surface area contributed by atoms with E-state index in [0.717, 1.165) is 13.5 Å². The van der Waals surface area contributed by atoms with Gasteiger partial charge in [0, 0.05) is 0 Å². The van der Waals surface area contributed by atoms with E-state index in [0.29, 0.717) is 11.3 Å². The van der Waals surface area contributed by atoms with Gasteiger partial charge in [0.2, 0.25) is 5.91 Å². The highest BCUT2D eigenvalue weighted by atomic mass is 32.1. The van der Waals surface area contributed by atoms with Gasteiger partial charge in [0.15, 0.2) is 5.11 Å². The van der Waals surface area contributed by atoms with Crippen molar-refractivity contribution in [1.82, 2.24) is 10.2 Å². The number of allylic oxidation sites excluding steroid dienone is 1. The quantitative estimate of drug-likeness (QED) is 0.477. The second kappa shape index (κ2) is 6.80. The van der Waals surface area contributed by atoms with E-state index in [-0.39, 0.29) is 17.5 Å². The molecule has 2 atom stereocenters. The Kier molecular flexibility index (Phi) is 5.60. The fourth-order valence-corrected chi connectivity index (χ4v) is 2.88. The van der Waals surface area contributed by atoms with Crippen LogP contribution in [0.3, 0.4) is 0 Å². The third-order valence-electron chi connectivity index (χ3n) is 3.80. The molecule has 1 aliphatic rings. The highest BCUT2D eigenvalue weighted by Gasteiger charge is 2.56. The molecule has 1 heterocycles. The third-order valence-corrected chi connectivity index (χ3v) is 4.08. The number of carbonyl (C=O) groups excluding carboxylic acids is 3. The van der Waals surface area contributed by atoms with Crippen molar-refractivity contribution in [3.8, 4) is 0 Å². The van der Waals surface area contributed by atoms with Crippen molar-refractivity contribution in [3.05, 3.63) is 12.7 Å². The Morgan fingerprint density at radius 1 is 1.57 bits per heavy atom. The molecule has 0 aromatic heterocycles. The number of rotatable bonds is 5. The second-order valence-electron chi connectivity index (χ2n) is 5.02. The predicted octanol–water partition coefficient (Wildman–Crippen LogP) is 1.99. The summed E-state index contributed by atoms with van der Waals surface area (Å²) in [4.78, 5) is 37.8. The van der Waals surface area contributed by atoms with Crippen LogP contribution in [0.25, 0.3) is 0 Å². The van der Waals surface area contributed by atoms with Crippen molar-refractivity contribution >= 4 is 35.2 Å². The van der Waals surface area contributed by atoms with Gasteiger partial charge in [-0.15, -0.1) is 6.58 Å². The maximum atomic E-state index is 12.8. The van der Waals surface area contributed by atoms with Crippen LogP contribution in [-0.2, 0) is 14.3 Å². The van der Waals surface area contributed by atoms with E-state index in [1.165, 1.54) is 6.08 Å². The van der Waals surface area contributed by atoms with Crippen LogP contribution < -0.4 is 5.32 Å². The van der Waals surface area contributed by atoms with Crippen molar-refractivity contribution in [2.45, 2.75) is 33.1 Å². The molecule has 0 bridgehead atoms. The minimum atomic E-state index is -1.38. The molecule has 0 aromatic carbocycles. The Balaban J connectivity index is 3.35. The van der Waals surface area contributed by atoms with Crippen molar-refractivity contribution in [2.75, 3.05) is 7.11 Å². The van der Waals surface area contributed by atoms with Gasteiger partial charge in [-0.25, -0.2) is 4.79 Å². The monoisotopic (exact) mass is 312 g/mol. The van der Waals surface area contributed by atoms with Crippen LogP contribution >= 0.6 is 12.2 Å². The standard InChI is InChI=1S/C14H20N2O4S/c1-5-7-9(3)14(8-6-2)10(17)15-12(21)16(11(14)18)13(19)20-4/h6,9H,2,5,7-8H2,1,3-4H3,(H,15,17,21). The maximum Gasteiger partial charge on any atom is 0.422 e. The number of nitrogens with one attached hydrogen (secondary N) is 1. The molecule has 1 aliphatic heterocycles. The van der Waals surface area contributed by atoms with E-state index in [4.69, 9.17) is 12.2 Å².